The van der Waals surface area contributed by atoms with Gasteiger partial charge in [-0.1, -0.05) is 6.42 Å². The molecule has 0 aromatic carbocycles. The van der Waals surface area contributed by atoms with E-state index in [4.69, 9.17) is 14.6 Å². The van der Waals surface area contributed by atoms with E-state index in [1.807, 2.05) is 12.1 Å². The number of aliphatic carboxylic acids is 2. The van der Waals surface area contributed by atoms with Gasteiger partial charge in [0.2, 0.25) is 0 Å². The summed E-state index contributed by atoms with van der Waals surface area (Å²) in [5, 5.41) is 17.0. The van der Waals surface area contributed by atoms with Gasteiger partial charge in [-0.2, -0.15) is 0 Å². The monoisotopic (exact) mass is 282 g/mol. The van der Waals surface area contributed by atoms with Crippen LogP contribution in [0.4, 0.5) is 0 Å². The van der Waals surface area contributed by atoms with E-state index >= 15 is 0 Å². The Morgan fingerprint density at radius 2 is 1.25 bits per heavy atom. The predicted molar refractivity (Wildman–Crippen MR) is 73.7 cm³/mol. The molecule has 1 aromatic heterocycles. The minimum atomic E-state index is -0.758. The third-order valence-electron chi connectivity index (χ3n) is 3.09. The molecule has 0 saturated heterocycles. The molecule has 5 nitrogen and oxygen atoms in total. The van der Waals surface area contributed by atoms with Crippen LogP contribution in [0, 0.1) is 0 Å². The van der Waals surface area contributed by atoms with Crippen LogP contribution in [0.1, 0.15) is 56.5 Å². The lowest BCUT2D eigenvalue weighted by Gasteiger charge is -1.98. The lowest BCUT2D eigenvalue weighted by Crippen LogP contribution is -1.94. The number of carbonyl (C=O) groups is 2. The molecule has 0 aliphatic carbocycles. The highest BCUT2D eigenvalue weighted by Gasteiger charge is 2.04. The number of hydrogen-bond acceptors (Lipinski definition) is 3. The first-order valence-corrected chi connectivity index (χ1v) is 7.09. The Bertz CT molecular complexity index is 422. The van der Waals surface area contributed by atoms with E-state index in [-0.39, 0.29) is 12.8 Å². The molecule has 112 valence electrons. The van der Waals surface area contributed by atoms with Crippen LogP contribution in [0.15, 0.2) is 16.5 Å². The fourth-order valence-electron chi connectivity index (χ4n) is 2.02. The third-order valence-corrected chi connectivity index (χ3v) is 3.09. The summed E-state index contributed by atoms with van der Waals surface area (Å²) in [4.78, 5) is 20.7. The Morgan fingerprint density at radius 3 is 1.75 bits per heavy atom. The van der Waals surface area contributed by atoms with Crippen LogP contribution in [0.2, 0.25) is 0 Å². The van der Waals surface area contributed by atoms with Crippen LogP contribution >= 0.6 is 0 Å². The summed E-state index contributed by atoms with van der Waals surface area (Å²) in [5.41, 5.74) is 0. The van der Waals surface area contributed by atoms with E-state index in [2.05, 4.69) is 0 Å². The highest BCUT2D eigenvalue weighted by Crippen LogP contribution is 2.14. The van der Waals surface area contributed by atoms with E-state index in [0.29, 0.717) is 12.8 Å². The summed E-state index contributed by atoms with van der Waals surface area (Å²) in [6, 6.07) is 3.89. The van der Waals surface area contributed by atoms with Gasteiger partial charge in [0.25, 0.3) is 0 Å². The van der Waals surface area contributed by atoms with Gasteiger partial charge in [0.1, 0.15) is 11.5 Å². The Labute approximate surface area is 118 Å². The maximum Gasteiger partial charge on any atom is 0.303 e. The van der Waals surface area contributed by atoms with E-state index in [0.717, 1.165) is 43.6 Å². The van der Waals surface area contributed by atoms with Crippen molar-refractivity contribution in [2.75, 3.05) is 0 Å². The molecule has 1 heterocycles. The average molecular weight is 282 g/mol. The molecule has 0 unspecified atom stereocenters. The summed E-state index contributed by atoms with van der Waals surface area (Å²) in [6.45, 7) is 0. The molecule has 1 aromatic rings. The van der Waals surface area contributed by atoms with Crippen LogP contribution in [0.25, 0.3) is 0 Å². The van der Waals surface area contributed by atoms with Crippen LogP contribution in [0.5, 0.6) is 0 Å². The first-order valence-electron chi connectivity index (χ1n) is 7.09. The summed E-state index contributed by atoms with van der Waals surface area (Å²) < 4.78 is 5.65. The van der Waals surface area contributed by atoms with Crippen molar-refractivity contribution in [3.63, 3.8) is 0 Å². The van der Waals surface area contributed by atoms with Crippen LogP contribution < -0.4 is 0 Å². The third kappa shape index (κ3) is 7.61. The highest BCUT2D eigenvalue weighted by atomic mass is 16.4. The van der Waals surface area contributed by atoms with Crippen molar-refractivity contribution in [1.29, 1.82) is 0 Å². The molecule has 2 N–H and O–H groups in total. The van der Waals surface area contributed by atoms with Gasteiger partial charge in [0, 0.05) is 25.7 Å². The summed E-state index contributed by atoms with van der Waals surface area (Å²) >= 11 is 0. The fraction of sp³-hybridized carbons (Fsp3) is 0.600. The average Bonchev–Trinajstić information content (AvgIpc) is 2.81. The summed E-state index contributed by atoms with van der Waals surface area (Å²) in [5.74, 6) is 0.322. The van der Waals surface area contributed by atoms with Gasteiger partial charge in [-0.15, -0.1) is 0 Å². The fourth-order valence-corrected chi connectivity index (χ4v) is 2.02. The highest BCUT2D eigenvalue weighted by molar-refractivity contribution is 5.66. The Morgan fingerprint density at radius 1 is 0.800 bits per heavy atom. The summed E-state index contributed by atoms with van der Waals surface area (Å²) in [6.07, 6.45) is 6.04. The van der Waals surface area contributed by atoms with E-state index < -0.39 is 11.9 Å². The first kappa shape index (κ1) is 16.3. The van der Waals surface area contributed by atoms with Gasteiger partial charge in [0.15, 0.2) is 0 Å². The smallest absolute Gasteiger partial charge is 0.303 e. The summed E-state index contributed by atoms with van der Waals surface area (Å²) in [7, 11) is 0. The zero-order chi connectivity index (χ0) is 14.8. The molecule has 1 rings (SSSR count). The minimum absolute atomic E-state index is 0.205. The molecule has 0 spiro atoms. The molecule has 0 amide bonds. The zero-order valence-electron chi connectivity index (χ0n) is 11.6. The maximum absolute atomic E-state index is 10.4. The normalized spacial score (nSPS) is 10.6. The standard InChI is InChI=1S/C15H22O5/c16-14(17)8-3-1-2-6-12-10-11-13(20-12)7-4-5-9-15(18)19/h10-11H,1-9H2,(H,16,17)(H,18,19). The van der Waals surface area contributed by atoms with E-state index in [1.165, 1.54) is 0 Å². The van der Waals surface area contributed by atoms with Crippen molar-refractivity contribution in [2.45, 2.75) is 57.8 Å². The van der Waals surface area contributed by atoms with E-state index in [9.17, 15) is 9.59 Å². The number of aryl methyl sites for hydroxylation is 2. The zero-order valence-corrected chi connectivity index (χ0v) is 11.6. The lowest BCUT2D eigenvalue weighted by molar-refractivity contribution is -0.138. The van der Waals surface area contributed by atoms with Crippen molar-refractivity contribution in [3.05, 3.63) is 23.7 Å². The van der Waals surface area contributed by atoms with Gasteiger partial charge in [-0.3, -0.25) is 9.59 Å². The molecule has 20 heavy (non-hydrogen) atoms. The number of rotatable bonds is 11. The predicted octanol–water partition coefficient (Wildman–Crippen LogP) is 3.26. The number of furan rings is 1. The van der Waals surface area contributed by atoms with Crippen molar-refractivity contribution in [3.8, 4) is 0 Å². The molecule has 0 saturated carbocycles. The maximum atomic E-state index is 10.4. The molecule has 0 bridgehead atoms. The van der Waals surface area contributed by atoms with Crippen molar-refractivity contribution < 1.29 is 24.2 Å². The molecule has 0 radical (unpaired) electrons. The Hall–Kier alpha value is -1.78. The molecule has 0 aliphatic rings. The quantitative estimate of drug-likeness (QED) is 0.608. The second-order valence-electron chi connectivity index (χ2n) is 4.92. The minimum Gasteiger partial charge on any atom is -0.481 e. The second kappa shape index (κ2) is 9.18. The van der Waals surface area contributed by atoms with Crippen LogP contribution in [-0.2, 0) is 22.4 Å². The van der Waals surface area contributed by atoms with Gasteiger partial charge in [-0.05, 0) is 37.8 Å². The number of hydrogen-bond donors (Lipinski definition) is 2. The SMILES string of the molecule is O=C(O)CCCCCc1ccc(CCCCC(=O)O)o1. The Balaban J connectivity index is 2.12. The first-order chi connectivity index (χ1) is 9.58. The number of unbranched alkanes of at least 4 members (excludes halogenated alkanes) is 3. The van der Waals surface area contributed by atoms with Crippen LogP contribution in [0.3, 0.4) is 0 Å². The van der Waals surface area contributed by atoms with Crippen LogP contribution in [-0.4, -0.2) is 22.2 Å². The number of carboxylic acid groups (broad SMARTS) is 2. The van der Waals surface area contributed by atoms with Crippen molar-refractivity contribution in [2.24, 2.45) is 0 Å². The van der Waals surface area contributed by atoms with Gasteiger partial charge in [0.05, 0.1) is 0 Å². The number of carboxylic acids is 2. The molecule has 0 atom stereocenters. The lowest BCUT2D eigenvalue weighted by atomic mass is 10.1. The molecule has 0 aliphatic heterocycles. The van der Waals surface area contributed by atoms with Gasteiger partial charge >= 0.3 is 11.9 Å². The van der Waals surface area contributed by atoms with Crippen molar-refractivity contribution in [1.82, 2.24) is 0 Å². The molecular formula is C15H22O5. The Kier molecular flexibility index (Phi) is 7.47. The second-order valence-corrected chi connectivity index (χ2v) is 4.92. The van der Waals surface area contributed by atoms with E-state index in [1.54, 1.807) is 0 Å². The molecule has 5 heteroatoms. The largest absolute Gasteiger partial charge is 0.481 e. The molecule has 0 fully saturated rings. The topological polar surface area (TPSA) is 87.7 Å². The molecular weight excluding hydrogens is 260 g/mol. The van der Waals surface area contributed by atoms with Gasteiger partial charge < -0.3 is 14.6 Å². The van der Waals surface area contributed by atoms with Gasteiger partial charge in [-0.25, -0.2) is 0 Å². The van der Waals surface area contributed by atoms with Crippen molar-refractivity contribution >= 4 is 11.9 Å².